The Morgan fingerprint density at radius 2 is 2.00 bits per heavy atom. The molecule has 0 bridgehead atoms. The van der Waals surface area contributed by atoms with Crippen LogP contribution in [0.4, 0.5) is 0 Å². The van der Waals surface area contributed by atoms with Crippen LogP contribution in [0.2, 0.25) is 5.02 Å². The summed E-state index contributed by atoms with van der Waals surface area (Å²) in [6, 6.07) is 6.60. The number of rotatable bonds is 5. The SMILES string of the molecule is CCOC(C)OCC#CC(=O)c1ccc(Cl)cc1. The standard InChI is InChI=1S/C14H15ClO3/c1-3-17-11(2)18-10-4-5-14(16)12-6-8-13(15)9-7-12/h6-9,11H,3,10H2,1-2H3. The van der Waals surface area contributed by atoms with Crippen LogP contribution in [0.3, 0.4) is 0 Å². The van der Waals surface area contributed by atoms with Gasteiger partial charge in [0.25, 0.3) is 0 Å². The van der Waals surface area contributed by atoms with E-state index in [-0.39, 0.29) is 18.7 Å². The Labute approximate surface area is 112 Å². The molecular formula is C14H15ClO3. The highest BCUT2D eigenvalue weighted by atomic mass is 35.5. The second kappa shape index (κ2) is 7.88. The van der Waals surface area contributed by atoms with Gasteiger partial charge in [-0.15, -0.1) is 0 Å². The molecule has 18 heavy (non-hydrogen) atoms. The highest BCUT2D eigenvalue weighted by Crippen LogP contribution is 2.09. The van der Waals surface area contributed by atoms with E-state index in [0.717, 1.165) is 0 Å². The van der Waals surface area contributed by atoms with E-state index in [2.05, 4.69) is 11.8 Å². The van der Waals surface area contributed by atoms with Crippen LogP contribution >= 0.6 is 11.6 Å². The predicted octanol–water partition coefficient (Wildman–Crippen LogP) is 2.93. The van der Waals surface area contributed by atoms with Gasteiger partial charge in [-0.25, -0.2) is 0 Å². The van der Waals surface area contributed by atoms with Crippen molar-refractivity contribution in [3.8, 4) is 11.8 Å². The third-order valence-electron chi connectivity index (χ3n) is 2.10. The molecule has 0 N–H and O–H groups in total. The number of benzene rings is 1. The Balaban J connectivity index is 2.43. The average Bonchev–Trinajstić information content (AvgIpc) is 2.35. The average molecular weight is 267 g/mol. The molecule has 0 aliphatic rings. The highest BCUT2D eigenvalue weighted by Gasteiger charge is 2.01. The Hall–Kier alpha value is -1.34. The second-order valence-corrected chi connectivity index (χ2v) is 3.91. The number of ketones is 1. The summed E-state index contributed by atoms with van der Waals surface area (Å²) in [7, 11) is 0. The van der Waals surface area contributed by atoms with E-state index in [9.17, 15) is 4.79 Å². The van der Waals surface area contributed by atoms with Gasteiger partial charge in [-0.2, -0.15) is 0 Å². The number of ether oxygens (including phenoxy) is 2. The van der Waals surface area contributed by atoms with Gasteiger partial charge < -0.3 is 9.47 Å². The molecule has 1 aromatic carbocycles. The number of Topliss-reactive ketones (excluding diaryl/α,β-unsaturated/α-hetero) is 1. The van der Waals surface area contributed by atoms with Crippen LogP contribution in [-0.2, 0) is 9.47 Å². The molecule has 0 heterocycles. The zero-order chi connectivity index (χ0) is 13.4. The molecule has 0 spiro atoms. The minimum Gasteiger partial charge on any atom is -0.353 e. The monoisotopic (exact) mass is 266 g/mol. The second-order valence-electron chi connectivity index (χ2n) is 3.47. The number of carbonyl (C=O) groups excluding carboxylic acids is 1. The lowest BCUT2D eigenvalue weighted by Gasteiger charge is -2.09. The van der Waals surface area contributed by atoms with E-state index in [0.29, 0.717) is 17.2 Å². The van der Waals surface area contributed by atoms with E-state index in [1.807, 2.05) is 6.92 Å². The smallest absolute Gasteiger partial charge is 0.235 e. The quantitative estimate of drug-likeness (QED) is 0.356. The summed E-state index contributed by atoms with van der Waals surface area (Å²) < 4.78 is 10.4. The maximum atomic E-state index is 11.6. The molecule has 1 unspecified atom stereocenters. The molecule has 0 saturated carbocycles. The van der Waals surface area contributed by atoms with Crippen molar-refractivity contribution in [2.45, 2.75) is 20.1 Å². The number of hydrogen-bond donors (Lipinski definition) is 0. The highest BCUT2D eigenvalue weighted by molar-refractivity contribution is 6.30. The van der Waals surface area contributed by atoms with Crippen LogP contribution in [0, 0.1) is 11.8 Å². The largest absolute Gasteiger partial charge is 0.353 e. The van der Waals surface area contributed by atoms with Crippen molar-refractivity contribution >= 4 is 17.4 Å². The molecule has 1 rings (SSSR count). The van der Waals surface area contributed by atoms with Crippen molar-refractivity contribution in [3.05, 3.63) is 34.9 Å². The Bertz CT molecular complexity index is 442. The lowest BCUT2D eigenvalue weighted by Crippen LogP contribution is -2.12. The van der Waals surface area contributed by atoms with Crippen molar-refractivity contribution in [2.24, 2.45) is 0 Å². The topological polar surface area (TPSA) is 35.5 Å². The van der Waals surface area contributed by atoms with Crippen LogP contribution in [0.1, 0.15) is 24.2 Å². The molecule has 0 saturated heterocycles. The summed E-state index contributed by atoms with van der Waals surface area (Å²) in [5.74, 6) is 4.91. The predicted molar refractivity (Wildman–Crippen MR) is 70.6 cm³/mol. The Kier molecular flexibility index (Phi) is 6.45. The fourth-order valence-electron chi connectivity index (χ4n) is 1.23. The van der Waals surface area contributed by atoms with Gasteiger partial charge in [-0.3, -0.25) is 4.79 Å². The van der Waals surface area contributed by atoms with Crippen LogP contribution in [0.15, 0.2) is 24.3 Å². The molecule has 4 heteroatoms. The Morgan fingerprint density at radius 3 is 2.61 bits per heavy atom. The van der Waals surface area contributed by atoms with E-state index in [1.165, 1.54) is 0 Å². The van der Waals surface area contributed by atoms with Gasteiger partial charge in [0, 0.05) is 17.2 Å². The lowest BCUT2D eigenvalue weighted by atomic mass is 10.1. The molecule has 0 amide bonds. The molecular weight excluding hydrogens is 252 g/mol. The molecule has 0 radical (unpaired) electrons. The Morgan fingerprint density at radius 1 is 1.33 bits per heavy atom. The molecule has 3 nitrogen and oxygen atoms in total. The summed E-state index contributed by atoms with van der Waals surface area (Å²) in [5.41, 5.74) is 0.518. The van der Waals surface area contributed by atoms with E-state index in [1.54, 1.807) is 31.2 Å². The molecule has 0 aliphatic carbocycles. The van der Waals surface area contributed by atoms with E-state index < -0.39 is 0 Å². The molecule has 0 fully saturated rings. The maximum Gasteiger partial charge on any atom is 0.235 e. The van der Waals surface area contributed by atoms with Gasteiger partial charge >= 0.3 is 0 Å². The van der Waals surface area contributed by atoms with E-state index >= 15 is 0 Å². The summed E-state index contributed by atoms with van der Waals surface area (Å²) >= 11 is 5.73. The summed E-state index contributed by atoms with van der Waals surface area (Å²) in [4.78, 5) is 11.6. The van der Waals surface area contributed by atoms with Crippen LogP contribution in [0.5, 0.6) is 0 Å². The molecule has 0 aliphatic heterocycles. The first-order chi connectivity index (χ1) is 8.63. The molecule has 1 atom stereocenters. The first kappa shape index (κ1) is 14.7. The van der Waals surface area contributed by atoms with Gasteiger partial charge in [0.1, 0.15) is 6.61 Å². The summed E-state index contributed by atoms with van der Waals surface area (Å²) in [6.07, 6.45) is -0.310. The van der Waals surface area contributed by atoms with Crippen molar-refractivity contribution in [2.75, 3.05) is 13.2 Å². The van der Waals surface area contributed by atoms with Gasteiger partial charge in [-0.05, 0) is 44.0 Å². The molecule has 96 valence electrons. The molecule has 0 aromatic heterocycles. The fraction of sp³-hybridized carbons (Fsp3) is 0.357. The zero-order valence-electron chi connectivity index (χ0n) is 10.4. The van der Waals surface area contributed by atoms with Crippen molar-refractivity contribution in [3.63, 3.8) is 0 Å². The summed E-state index contributed by atoms with van der Waals surface area (Å²) in [5, 5.41) is 0.591. The maximum absolute atomic E-state index is 11.6. The molecule has 1 aromatic rings. The third-order valence-corrected chi connectivity index (χ3v) is 2.35. The van der Waals surface area contributed by atoms with Crippen LogP contribution < -0.4 is 0 Å². The van der Waals surface area contributed by atoms with Crippen molar-refractivity contribution < 1.29 is 14.3 Å². The van der Waals surface area contributed by atoms with Crippen LogP contribution in [-0.4, -0.2) is 25.3 Å². The number of carbonyl (C=O) groups is 1. The first-order valence-electron chi connectivity index (χ1n) is 5.65. The van der Waals surface area contributed by atoms with Crippen molar-refractivity contribution in [1.29, 1.82) is 0 Å². The van der Waals surface area contributed by atoms with Crippen LogP contribution in [0.25, 0.3) is 0 Å². The van der Waals surface area contributed by atoms with Gasteiger partial charge in [0.15, 0.2) is 6.29 Å². The number of hydrogen-bond acceptors (Lipinski definition) is 3. The minimum absolute atomic E-state index is 0.167. The zero-order valence-corrected chi connectivity index (χ0v) is 11.2. The van der Waals surface area contributed by atoms with Gasteiger partial charge in [0.05, 0.1) is 0 Å². The fourth-order valence-corrected chi connectivity index (χ4v) is 1.36. The third kappa shape index (κ3) is 5.33. The first-order valence-corrected chi connectivity index (χ1v) is 6.03. The lowest BCUT2D eigenvalue weighted by molar-refractivity contribution is -0.117. The normalized spacial score (nSPS) is 11.5. The van der Waals surface area contributed by atoms with E-state index in [4.69, 9.17) is 21.1 Å². The summed E-state index contributed by atoms with van der Waals surface area (Å²) in [6.45, 7) is 4.42. The van der Waals surface area contributed by atoms with Gasteiger partial charge in [-0.1, -0.05) is 17.5 Å². The van der Waals surface area contributed by atoms with Gasteiger partial charge in [0.2, 0.25) is 5.78 Å². The van der Waals surface area contributed by atoms with Crippen molar-refractivity contribution in [1.82, 2.24) is 0 Å². The number of halogens is 1. The minimum atomic E-state index is -0.310.